The van der Waals surface area contributed by atoms with Crippen LogP contribution in [0.25, 0.3) is 0 Å². The average Bonchev–Trinajstić information content (AvgIpc) is 2.15. The molecule has 0 spiro atoms. The van der Waals surface area contributed by atoms with Gasteiger partial charge in [0.1, 0.15) is 0 Å². The van der Waals surface area contributed by atoms with Crippen LogP contribution in [0.2, 0.25) is 0 Å². The Balaban J connectivity index is 2.28. The molecule has 78 valence electrons. The molecule has 2 heteroatoms. The van der Waals surface area contributed by atoms with Gasteiger partial charge in [-0.05, 0) is 18.6 Å². The third-order valence-corrected chi connectivity index (χ3v) is 3.18. The van der Waals surface area contributed by atoms with Gasteiger partial charge in [0.2, 0.25) is 0 Å². The molecule has 0 heterocycles. The smallest absolute Gasteiger partial charge is 0.0106 e. The maximum atomic E-state index is 3.41. The van der Waals surface area contributed by atoms with E-state index in [1.165, 1.54) is 10.5 Å². The van der Waals surface area contributed by atoms with Crippen LogP contribution >= 0.6 is 11.8 Å². The van der Waals surface area contributed by atoms with Crippen LogP contribution in [0.1, 0.15) is 19.4 Å². The number of hydrogen-bond acceptors (Lipinski definition) is 2. The number of benzene rings is 1. The zero-order valence-electron chi connectivity index (χ0n) is 9.21. The monoisotopic (exact) mass is 209 g/mol. The number of aryl methyl sites for hydroxylation is 1. The summed E-state index contributed by atoms with van der Waals surface area (Å²) in [6.07, 6.45) is 0. The van der Waals surface area contributed by atoms with Crippen molar-refractivity contribution in [3.63, 3.8) is 0 Å². The van der Waals surface area contributed by atoms with Crippen LogP contribution in [0, 0.1) is 6.92 Å². The van der Waals surface area contributed by atoms with Crippen molar-refractivity contribution in [2.45, 2.75) is 31.7 Å². The molecular weight excluding hydrogens is 190 g/mol. The Labute approximate surface area is 91.3 Å². The molecule has 14 heavy (non-hydrogen) atoms. The first-order valence-corrected chi connectivity index (χ1v) is 6.10. The normalized spacial score (nSPS) is 10.9. The minimum atomic E-state index is 0.590. The van der Waals surface area contributed by atoms with Gasteiger partial charge in [0, 0.05) is 23.2 Å². The Morgan fingerprint density at radius 2 is 2.00 bits per heavy atom. The minimum Gasteiger partial charge on any atom is -0.314 e. The summed E-state index contributed by atoms with van der Waals surface area (Å²) in [4.78, 5) is 1.40. The van der Waals surface area contributed by atoms with E-state index in [0.29, 0.717) is 6.04 Å². The molecule has 0 fully saturated rings. The summed E-state index contributed by atoms with van der Waals surface area (Å²) in [6.45, 7) is 7.60. The van der Waals surface area contributed by atoms with E-state index in [1.807, 2.05) is 11.8 Å². The molecule has 0 unspecified atom stereocenters. The highest BCUT2D eigenvalue weighted by molar-refractivity contribution is 7.99. The molecule has 0 radical (unpaired) electrons. The molecule has 1 aromatic rings. The van der Waals surface area contributed by atoms with Crippen molar-refractivity contribution in [3.8, 4) is 0 Å². The Morgan fingerprint density at radius 1 is 1.29 bits per heavy atom. The van der Waals surface area contributed by atoms with E-state index in [9.17, 15) is 0 Å². The summed E-state index contributed by atoms with van der Waals surface area (Å²) in [5, 5.41) is 3.41. The lowest BCUT2D eigenvalue weighted by Crippen LogP contribution is -2.24. The van der Waals surface area contributed by atoms with Gasteiger partial charge in [0.25, 0.3) is 0 Å². The fourth-order valence-electron chi connectivity index (χ4n) is 1.23. The highest BCUT2D eigenvalue weighted by Crippen LogP contribution is 2.20. The van der Waals surface area contributed by atoms with Crippen molar-refractivity contribution < 1.29 is 0 Å². The summed E-state index contributed by atoms with van der Waals surface area (Å²) >= 11 is 1.93. The summed E-state index contributed by atoms with van der Waals surface area (Å²) in [6, 6.07) is 9.14. The van der Waals surface area contributed by atoms with Crippen LogP contribution in [0.15, 0.2) is 29.2 Å². The first kappa shape index (κ1) is 11.6. The number of nitrogens with one attached hydrogen (secondary N) is 1. The molecule has 0 saturated carbocycles. The van der Waals surface area contributed by atoms with Crippen molar-refractivity contribution in [1.82, 2.24) is 5.32 Å². The van der Waals surface area contributed by atoms with E-state index < -0.39 is 0 Å². The first-order chi connectivity index (χ1) is 6.70. The highest BCUT2D eigenvalue weighted by Gasteiger charge is 1.97. The molecule has 1 aromatic carbocycles. The Bertz CT molecular complexity index is 271. The summed E-state index contributed by atoms with van der Waals surface area (Å²) < 4.78 is 0. The van der Waals surface area contributed by atoms with Crippen molar-refractivity contribution in [2.75, 3.05) is 12.3 Å². The standard InChI is InChI=1S/C12H19NS/c1-10(2)13-8-9-14-12-7-5-4-6-11(12)3/h4-7,10,13H,8-9H2,1-3H3. The van der Waals surface area contributed by atoms with Crippen LogP contribution in [0.4, 0.5) is 0 Å². The molecule has 1 rings (SSSR count). The van der Waals surface area contributed by atoms with Gasteiger partial charge in [-0.15, -0.1) is 11.8 Å². The molecule has 1 nitrogen and oxygen atoms in total. The maximum Gasteiger partial charge on any atom is 0.0106 e. The van der Waals surface area contributed by atoms with Gasteiger partial charge in [-0.25, -0.2) is 0 Å². The summed E-state index contributed by atoms with van der Waals surface area (Å²) in [5.74, 6) is 1.14. The lowest BCUT2D eigenvalue weighted by atomic mass is 10.2. The lowest BCUT2D eigenvalue weighted by Gasteiger charge is -2.08. The predicted octanol–water partition coefficient (Wildman–Crippen LogP) is 3.09. The number of thioether (sulfide) groups is 1. The minimum absolute atomic E-state index is 0.590. The molecule has 0 bridgehead atoms. The van der Waals surface area contributed by atoms with Crippen molar-refractivity contribution >= 4 is 11.8 Å². The van der Waals surface area contributed by atoms with E-state index >= 15 is 0 Å². The third kappa shape index (κ3) is 4.16. The van der Waals surface area contributed by atoms with Crippen molar-refractivity contribution in [3.05, 3.63) is 29.8 Å². The largest absolute Gasteiger partial charge is 0.314 e. The molecular formula is C12H19NS. The van der Waals surface area contributed by atoms with Gasteiger partial charge in [-0.2, -0.15) is 0 Å². The molecule has 1 N–H and O–H groups in total. The predicted molar refractivity (Wildman–Crippen MR) is 65.0 cm³/mol. The maximum absolute atomic E-state index is 3.41. The van der Waals surface area contributed by atoms with Crippen LogP contribution < -0.4 is 5.32 Å². The van der Waals surface area contributed by atoms with Gasteiger partial charge in [-0.3, -0.25) is 0 Å². The van der Waals surface area contributed by atoms with Crippen LogP contribution in [0.5, 0.6) is 0 Å². The SMILES string of the molecule is Cc1ccccc1SCCNC(C)C. The van der Waals surface area contributed by atoms with Crippen LogP contribution in [0.3, 0.4) is 0 Å². The molecule has 0 aliphatic carbocycles. The van der Waals surface area contributed by atoms with Crippen molar-refractivity contribution in [2.24, 2.45) is 0 Å². The zero-order chi connectivity index (χ0) is 10.4. The second-order valence-corrected chi connectivity index (χ2v) is 4.86. The van der Waals surface area contributed by atoms with E-state index in [2.05, 4.69) is 50.4 Å². The topological polar surface area (TPSA) is 12.0 Å². The second kappa shape index (κ2) is 6.10. The van der Waals surface area contributed by atoms with Crippen molar-refractivity contribution in [1.29, 1.82) is 0 Å². The molecule has 0 aliphatic rings. The van der Waals surface area contributed by atoms with E-state index in [4.69, 9.17) is 0 Å². The first-order valence-electron chi connectivity index (χ1n) is 5.12. The molecule has 0 atom stereocenters. The fourth-order valence-corrected chi connectivity index (χ4v) is 2.14. The second-order valence-electron chi connectivity index (χ2n) is 3.72. The van der Waals surface area contributed by atoms with Crippen LogP contribution in [-0.2, 0) is 0 Å². The zero-order valence-corrected chi connectivity index (χ0v) is 10.0. The molecule has 0 amide bonds. The van der Waals surface area contributed by atoms with Gasteiger partial charge < -0.3 is 5.32 Å². The third-order valence-electron chi connectivity index (χ3n) is 2.01. The number of rotatable bonds is 5. The number of hydrogen-bond donors (Lipinski definition) is 1. The van der Waals surface area contributed by atoms with Gasteiger partial charge >= 0.3 is 0 Å². The Hall–Kier alpha value is -0.470. The van der Waals surface area contributed by atoms with E-state index in [1.54, 1.807) is 0 Å². The fraction of sp³-hybridized carbons (Fsp3) is 0.500. The lowest BCUT2D eigenvalue weighted by molar-refractivity contribution is 0.616. The van der Waals surface area contributed by atoms with Gasteiger partial charge in [0.15, 0.2) is 0 Å². The summed E-state index contributed by atoms with van der Waals surface area (Å²) in [5.41, 5.74) is 1.38. The average molecular weight is 209 g/mol. The Kier molecular flexibility index (Phi) is 5.05. The molecule has 0 aliphatic heterocycles. The van der Waals surface area contributed by atoms with Crippen LogP contribution in [-0.4, -0.2) is 18.3 Å². The molecule has 0 saturated heterocycles. The van der Waals surface area contributed by atoms with Gasteiger partial charge in [-0.1, -0.05) is 32.0 Å². The highest BCUT2D eigenvalue weighted by atomic mass is 32.2. The quantitative estimate of drug-likeness (QED) is 0.591. The Morgan fingerprint density at radius 3 is 2.64 bits per heavy atom. The molecule has 0 aromatic heterocycles. The van der Waals surface area contributed by atoms with E-state index in [0.717, 1.165) is 12.3 Å². The van der Waals surface area contributed by atoms with E-state index in [-0.39, 0.29) is 0 Å². The summed E-state index contributed by atoms with van der Waals surface area (Å²) in [7, 11) is 0. The van der Waals surface area contributed by atoms with Gasteiger partial charge in [0.05, 0.1) is 0 Å².